The molecule has 1 aliphatic rings. The van der Waals surface area contributed by atoms with Crippen molar-refractivity contribution >= 4 is 63.3 Å². The second-order valence-corrected chi connectivity index (χ2v) is 8.08. The van der Waals surface area contributed by atoms with E-state index in [1.54, 1.807) is 31.2 Å². The van der Waals surface area contributed by atoms with Crippen LogP contribution in [0.25, 0.3) is 0 Å². The van der Waals surface area contributed by atoms with Crippen molar-refractivity contribution in [2.75, 3.05) is 5.32 Å². The van der Waals surface area contributed by atoms with Gasteiger partial charge in [-0.15, -0.1) is 5.10 Å². The first kappa shape index (κ1) is 21.3. The van der Waals surface area contributed by atoms with E-state index in [4.69, 9.17) is 23.2 Å². The highest BCUT2D eigenvalue weighted by Gasteiger charge is 2.32. The molecule has 1 saturated heterocycles. The Labute approximate surface area is 180 Å². The largest absolute Gasteiger partial charge is 0.326 e. The Bertz CT molecular complexity index is 1010. The molecule has 3 rings (SSSR count). The molecule has 2 amide bonds. The van der Waals surface area contributed by atoms with Crippen molar-refractivity contribution in [1.29, 1.82) is 0 Å². The molecule has 10 heteroatoms. The van der Waals surface area contributed by atoms with Gasteiger partial charge in [0.25, 0.3) is 0 Å². The molecule has 2 N–H and O–H groups in total. The van der Waals surface area contributed by atoms with Gasteiger partial charge in [0.05, 0.1) is 15.8 Å². The zero-order chi connectivity index (χ0) is 21.0. The Hall–Kier alpha value is -2.42. The van der Waals surface area contributed by atoms with E-state index in [2.05, 4.69) is 20.8 Å². The highest BCUT2D eigenvalue weighted by molar-refractivity contribution is 8.15. The summed E-state index contributed by atoms with van der Waals surface area (Å²) in [5.74, 6) is -1.01. The molecule has 1 heterocycles. The number of benzene rings is 2. The standard InChI is InChI=1S/C19H15Cl2FN4O2S/c1-10(11-2-4-12(22)5-3-11)25-26-19-24-18(28)16(29-19)9-17(27)23-13-6-7-14(20)15(21)8-13/h2-8,16H,9H2,1H3,(H,23,27)(H,24,26,28)/b25-10-/t16-/m0/s1. The molecule has 29 heavy (non-hydrogen) atoms. The van der Waals surface area contributed by atoms with Gasteiger partial charge in [-0.2, -0.15) is 5.10 Å². The minimum atomic E-state index is -0.627. The maximum atomic E-state index is 13.0. The van der Waals surface area contributed by atoms with Crippen LogP contribution in [0, 0.1) is 5.82 Å². The summed E-state index contributed by atoms with van der Waals surface area (Å²) in [4.78, 5) is 24.3. The zero-order valence-corrected chi connectivity index (χ0v) is 17.4. The normalized spacial score (nSPS) is 18.1. The number of amides is 2. The summed E-state index contributed by atoms with van der Waals surface area (Å²) < 4.78 is 13.0. The van der Waals surface area contributed by atoms with Gasteiger partial charge in [0.15, 0.2) is 5.17 Å². The molecule has 150 valence electrons. The average Bonchev–Trinajstić information content (AvgIpc) is 3.02. The molecule has 0 saturated carbocycles. The molecule has 0 aliphatic carbocycles. The summed E-state index contributed by atoms with van der Waals surface area (Å²) in [7, 11) is 0. The topological polar surface area (TPSA) is 82.9 Å². The fourth-order valence-electron chi connectivity index (χ4n) is 2.41. The number of anilines is 1. The molecule has 1 atom stereocenters. The number of halogens is 3. The number of amidine groups is 1. The van der Waals surface area contributed by atoms with Crippen molar-refractivity contribution in [1.82, 2.24) is 5.32 Å². The third-order valence-corrected chi connectivity index (χ3v) is 5.71. The van der Waals surface area contributed by atoms with Crippen LogP contribution < -0.4 is 10.6 Å². The summed E-state index contributed by atoms with van der Waals surface area (Å²) in [5, 5.41) is 13.7. The lowest BCUT2D eigenvalue weighted by Gasteiger charge is -2.08. The lowest BCUT2D eigenvalue weighted by atomic mass is 10.1. The Kier molecular flexibility index (Phi) is 6.89. The van der Waals surface area contributed by atoms with Crippen LogP contribution in [0.5, 0.6) is 0 Å². The van der Waals surface area contributed by atoms with Gasteiger partial charge in [0.2, 0.25) is 11.8 Å². The van der Waals surface area contributed by atoms with Crippen LogP contribution in [-0.4, -0.2) is 27.9 Å². The first-order valence-corrected chi connectivity index (χ1v) is 10.1. The first-order chi connectivity index (χ1) is 13.8. The van der Waals surface area contributed by atoms with Crippen LogP contribution in [0.2, 0.25) is 10.0 Å². The van der Waals surface area contributed by atoms with Crippen molar-refractivity contribution in [3.05, 3.63) is 63.9 Å². The summed E-state index contributed by atoms with van der Waals surface area (Å²) in [6.07, 6.45) is -0.0452. The number of carbonyl (C=O) groups excluding carboxylic acids is 2. The molecule has 2 aromatic carbocycles. The van der Waals surface area contributed by atoms with Crippen LogP contribution in [0.1, 0.15) is 18.9 Å². The highest BCUT2D eigenvalue weighted by atomic mass is 35.5. The molecule has 2 aromatic rings. The van der Waals surface area contributed by atoms with Gasteiger partial charge in [-0.1, -0.05) is 47.1 Å². The van der Waals surface area contributed by atoms with Crippen LogP contribution in [0.3, 0.4) is 0 Å². The summed E-state index contributed by atoms with van der Waals surface area (Å²) in [6.45, 7) is 1.72. The quantitative estimate of drug-likeness (QED) is 0.518. The smallest absolute Gasteiger partial charge is 0.240 e. The number of hydrogen-bond donors (Lipinski definition) is 2. The Balaban J connectivity index is 1.59. The van der Waals surface area contributed by atoms with E-state index < -0.39 is 5.25 Å². The van der Waals surface area contributed by atoms with Gasteiger partial charge in [0.1, 0.15) is 11.1 Å². The number of hydrogen-bond acceptors (Lipinski definition) is 5. The van der Waals surface area contributed by atoms with Gasteiger partial charge in [-0.25, -0.2) is 4.39 Å². The van der Waals surface area contributed by atoms with Crippen molar-refractivity contribution in [3.8, 4) is 0 Å². The Morgan fingerprint density at radius 2 is 1.93 bits per heavy atom. The van der Waals surface area contributed by atoms with Crippen molar-refractivity contribution in [2.24, 2.45) is 10.2 Å². The van der Waals surface area contributed by atoms with E-state index in [9.17, 15) is 14.0 Å². The number of thioether (sulfide) groups is 1. The molecule has 0 aromatic heterocycles. The van der Waals surface area contributed by atoms with Crippen molar-refractivity contribution < 1.29 is 14.0 Å². The third-order valence-electron chi connectivity index (χ3n) is 3.90. The second-order valence-electron chi connectivity index (χ2n) is 6.07. The molecule has 0 spiro atoms. The minimum Gasteiger partial charge on any atom is -0.326 e. The van der Waals surface area contributed by atoms with E-state index in [-0.39, 0.29) is 24.1 Å². The Morgan fingerprint density at radius 1 is 1.21 bits per heavy atom. The predicted molar refractivity (Wildman–Crippen MR) is 115 cm³/mol. The van der Waals surface area contributed by atoms with E-state index in [0.29, 0.717) is 32.2 Å². The van der Waals surface area contributed by atoms with Gasteiger partial charge in [0, 0.05) is 12.1 Å². The summed E-state index contributed by atoms with van der Waals surface area (Å²) >= 11 is 12.9. The van der Waals surface area contributed by atoms with Gasteiger partial charge >= 0.3 is 0 Å². The summed E-state index contributed by atoms with van der Waals surface area (Å²) in [6, 6.07) is 10.6. The van der Waals surface area contributed by atoms with E-state index in [1.807, 2.05) is 0 Å². The molecule has 0 bridgehead atoms. The molecule has 6 nitrogen and oxygen atoms in total. The van der Waals surface area contributed by atoms with Crippen LogP contribution in [0.4, 0.5) is 10.1 Å². The van der Waals surface area contributed by atoms with E-state index in [0.717, 1.165) is 11.8 Å². The van der Waals surface area contributed by atoms with E-state index in [1.165, 1.54) is 18.2 Å². The first-order valence-electron chi connectivity index (χ1n) is 8.42. The van der Waals surface area contributed by atoms with Gasteiger partial charge in [-0.3, -0.25) is 9.59 Å². The SMILES string of the molecule is C/C(=N/N=C1\NC(=O)[C@H](CC(=O)Nc2ccc(Cl)c(Cl)c2)S1)c1ccc(F)cc1. The van der Waals surface area contributed by atoms with Crippen molar-refractivity contribution in [2.45, 2.75) is 18.6 Å². The number of carbonyl (C=O) groups is 2. The molecule has 1 aliphatic heterocycles. The maximum absolute atomic E-state index is 13.0. The number of rotatable bonds is 5. The summed E-state index contributed by atoms with van der Waals surface area (Å²) in [5.41, 5.74) is 1.76. The Morgan fingerprint density at radius 3 is 2.62 bits per heavy atom. The van der Waals surface area contributed by atoms with E-state index >= 15 is 0 Å². The number of nitrogens with one attached hydrogen (secondary N) is 2. The maximum Gasteiger partial charge on any atom is 0.240 e. The monoisotopic (exact) mass is 452 g/mol. The van der Waals surface area contributed by atoms with Crippen LogP contribution in [-0.2, 0) is 9.59 Å². The highest BCUT2D eigenvalue weighted by Crippen LogP contribution is 2.26. The zero-order valence-electron chi connectivity index (χ0n) is 15.1. The molecule has 0 radical (unpaired) electrons. The molecular weight excluding hydrogens is 438 g/mol. The fourth-order valence-corrected chi connectivity index (χ4v) is 3.63. The van der Waals surface area contributed by atoms with Crippen molar-refractivity contribution in [3.63, 3.8) is 0 Å². The fraction of sp³-hybridized carbons (Fsp3) is 0.158. The third kappa shape index (κ3) is 5.79. The predicted octanol–water partition coefficient (Wildman–Crippen LogP) is 4.47. The second kappa shape index (κ2) is 9.39. The molecule has 1 fully saturated rings. The lowest BCUT2D eigenvalue weighted by molar-refractivity contribution is -0.122. The lowest BCUT2D eigenvalue weighted by Crippen LogP contribution is -2.28. The molecular formula is C19H15Cl2FN4O2S. The minimum absolute atomic E-state index is 0.0452. The molecule has 0 unspecified atom stereocenters. The van der Waals surface area contributed by atoms with Gasteiger partial charge < -0.3 is 10.6 Å². The van der Waals surface area contributed by atoms with Crippen LogP contribution >= 0.6 is 35.0 Å². The van der Waals surface area contributed by atoms with Crippen LogP contribution in [0.15, 0.2) is 52.7 Å². The number of nitrogens with zero attached hydrogens (tertiary/aromatic N) is 2. The van der Waals surface area contributed by atoms with Gasteiger partial charge in [-0.05, 0) is 42.8 Å². The average molecular weight is 453 g/mol.